The van der Waals surface area contributed by atoms with Gasteiger partial charge in [0, 0.05) is 10.9 Å². The first-order valence-electron chi connectivity index (χ1n) is 5.80. The molecular weight excluding hydrogens is 289 g/mol. The lowest BCUT2D eigenvalue weighted by Crippen LogP contribution is -2.05. The summed E-state index contributed by atoms with van der Waals surface area (Å²) < 4.78 is 52.3. The van der Waals surface area contributed by atoms with Crippen molar-refractivity contribution in [3.05, 3.63) is 41.9 Å². The van der Waals surface area contributed by atoms with Gasteiger partial charge in [-0.05, 0) is 6.07 Å². The van der Waals surface area contributed by atoms with Gasteiger partial charge in [0.2, 0.25) is 5.76 Å². The number of methoxy groups -OCH3 is 2. The highest BCUT2D eigenvalue weighted by molar-refractivity contribution is 6.19. The van der Waals surface area contributed by atoms with E-state index in [0.717, 1.165) is 19.4 Å². The maximum absolute atomic E-state index is 12.7. The molecule has 1 aromatic heterocycles. The predicted octanol–water partition coefficient (Wildman–Crippen LogP) is 3.61. The lowest BCUT2D eigenvalue weighted by atomic mass is 10.0. The van der Waals surface area contributed by atoms with E-state index in [9.17, 15) is 18.0 Å². The molecule has 0 atom stereocenters. The number of rotatable bonds is 3. The van der Waals surface area contributed by atoms with Gasteiger partial charge in [-0.25, -0.2) is 4.79 Å². The Kier molecular flexibility index (Phi) is 3.93. The molecule has 0 aliphatic rings. The highest BCUT2D eigenvalue weighted by atomic mass is 19.4. The van der Waals surface area contributed by atoms with E-state index < -0.39 is 17.9 Å². The minimum absolute atomic E-state index is 0.0336. The van der Waals surface area contributed by atoms with Gasteiger partial charge >= 0.3 is 12.1 Å². The van der Waals surface area contributed by atoms with Gasteiger partial charge in [0.1, 0.15) is 11.2 Å². The molecule has 2 aromatic rings. The molecule has 21 heavy (non-hydrogen) atoms. The summed E-state index contributed by atoms with van der Waals surface area (Å²) in [4.78, 5) is 11.7. The van der Waals surface area contributed by atoms with Crippen LogP contribution in [0.25, 0.3) is 16.5 Å². The normalized spacial score (nSPS) is 12.5. The molecule has 0 amide bonds. The lowest BCUT2D eigenvalue weighted by molar-refractivity contribution is -0.152. The molecule has 4 nitrogen and oxygen atoms in total. The van der Waals surface area contributed by atoms with Crippen LogP contribution in [0.1, 0.15) is 11.3 Å². The molecule has 0 aliphatic carbocycles. The number of alkyl halides is 3. The Labute approximate surface area is 117 Å². The maximum atomic E-state index is 12.7. The fraction of sp³-hybridized carbons (Fsp3) is 0.214. The molecule has 0 spiro atoms. The van der Waals surface area contributed by atoms with Gasteiger partial charge in [-0.1, -0.05) is 18.2 Å². The van der Waals surface area contributed by atoms with Crippen LogP contribution in [0, 0.1) is 0 Å². The first-order chi connectivity index (χ1) is 9.88. The second-order valence-corrected chi connectivity index (χ2v) is 4.09. The van der Waals surface area contributed by atoms with Gasteiger partial charge < -0.3 is 13.9 Å². The Bertz CT molecular complexity index is 698. The standard InChI is InChI=1S/C14H11F3O4/c1-19-7-10(13(18)20-2)9-5-3-4-8-6-11(14(15,16)17)21-12(8)9/h3-7H,1-2H3/b10-7+. The van der Waals surface area contributed by atoms with E-state index in [2.05, 4.69) is 4.74 Å². The number of para-hydroxylation sites is 1. The van der Waals surface area contributed by atoms with Crippen molar-refractivity contribution in [2.75, 3.05) is 14.2 Å². The molecule has 7 heteroatoms. The van der Waals surface area contributed by atoms with E-state index in [1.165, 1.54) is 25.3 Å². The molecule has 0 saturated heterocycles. The second-order valence-electron chi connectivity index (χ2n) is 4.09. The molecule has 112 valence electrons. The van der Waals surface area contributed by atoms with Crippen molar-refractivity contribution in [2.24, 2.45) is 0 Å². The van der Waals surface area contributed by atoms with Crippen LogP contribution >= 0.6 is 0 Å². The van der Waals surface area contributed by atoms with Crippen LogP contribution in [0.5, 0.6) is 0 Å². The highest BCUT2D eigenvalue weighted by Gasteiger charge is 2.35. The maximum Gasteiger partial charge on any atom is 0.449 e. The van der Waals surface area contributed by atoms with Gasteiger partial charge in [0.05, 0.1) is 20.5 Å². The summed E-state index contributed by atoms with van der Waals surface area (Å²) in [5.74, 6) is -1.87. The molecule has 0 unspecified atom stereocenters. The molecule has 0 saturated carbocycles. The molecule has 0 radical (unpaired) electrons. The van der Waals surface area contributed by atoms with Crippen LogP contribution in [0.3, 0.4) is 0 Å². The topological polar surface area (TPSA) is 48.7 Å². The van der Waals surface area contributed by atoms with E-state index in [1.807, 2.05) is 0 Å². The van der Waals surface area contributed by atoms with Crippen molar-refractivity contribution >= 4 is 22.5 Å². The molecule has 1 heterocycles. The summed E-state index contributed by atoms with van der Waals surface area (Å²) in [5.41, 5.74) is 0.0731. The Hall–Kier alpha value is -2.44. The quantitative estimate of drug-likeness (QED) is 0.493. The van der Waals surface area contributed by atoms with Crippen molar-refractivity contribution in [2.45, 2.75) is 6.18 Å². The molecular formula is C14H11F3O4. The Morgan fingerprint density at radius 2 is 2.00 bits per heavy atom. The Balaban J connectivity index is 2.66. The average Bonchev–Trinajstić information content (AvgIpc) is 2.88. The van der Waals surface area contributed by atoms with E-state index in [-0.39, 0.29) is 22.1 Å². The number of furan rings is 1. The van der Waals surface area contributed by atoms with Crippen LogP contribution in [-0.4, -0.2) is 20.2 Å². The number of hydrogen-bond acceptors (Lipinski definition) is 4. The molecule has 0 bridgehead atoms. The van der Waals surface area contributed by atoms with Crippen LogP contribution in [-0.2, 0) is 20.4 Å². The summed E-state index contributed by atoms with van der Waals surface area (Å²) in [7, 11) is 2.47. The fourth-order valence-corrected chi connectivity index (χ4v) is 1.86. The van der Waals surface area contributed by atoms with Crippen LogP contribution < -0.4 is 0 Å². The smallest absolute Gasteiger partial charge is 0.449 e. The number of carbonyl (C=O) groups is 1. The van der Waals surface area contributed by atoms with E-state index in [1.54, 1.807) is 0 Å². The zero-order chi connectivity index (χ0) is 15.6. The van der Waals surface area contributed by atoms with E-state index >= 15 is 0 Å². The minimum atomic E-state index is -4.60. The van der Waals surface area contributed by atoms with Crippen molar-refractivity contribution in [1.82, 2.24) is 0 Å². The number of hydrogen-bond donors (Lipinski definition) is 0. The first kappa shape index (κ1) is 15.0. The summed E-state index contributed by atoms with van der Waals surface area (Å²) in [5, 5.41) is 0.228. The van der Waals surface area contributed by atoms with E-state index in [0.29, 0.717) is 0 Å². The number of fused-ring (bicyclic) bond motifs is 1. The second kappa shape index (κ2) is 5.51. The highest BCUT2D eigenvalue weighted by Crippen LogP contribution is 2.36. The lowest BCUT2D eigenvalue weighted by Gasteiger charge is -2.06. The van der Waals surface area contributed by atoms with Crippen LogP contribution in [0.4, 0.5) is 13.2 Å². The van der Waals surface area contributed by atoms with Gasteiger partial charge in [-0.15, -0.1) is 0 Å². The molecule has 1 aromatic carbocycles. The van der Waals surface area contributed by atoms with Gasteiger partial charge in [-0.2, -0.15) is 13.2 Å². The predicted molar refractivity (Wildman–Crippen MR) is 68.2 cm³/mol. The number of esters is 1. The molecule has 0 aliphatic heterocycles. The Morgan fingerprint density at radius 3 is 2.57 bits per heavy atom. The zero-order valence-electron chi connectivity index (χ0n) is 11.2. The third kappa shape index (κ3) is 2.86. The largest absolute Gasteiger partial charge is 0.503 e. The molecule has 2 rings (SSSR count). The van der Waals surface area contributed by atoms with Crippen molar-refractivity contribution < 1.29 is 31.9 Å². The summed E-state index contributed by atoms with van der Waals surface area (Å²) in [6.45, 7) is 0. The van der Waals surface area contributed by atoms with Gasteiger partial charge in [-0.3, -0.25) is 0 Å². The molecule has 0 fully saturated rings. The van der Waals surface area contributed by atoms with Crippen LogP contribution in [0.2, 0.25) is 0 Å². The van der Waals surface area contributed by atoms with Crippen LogP contribution in [0.15, 0.2) is 34.9 Å². The number of carbonyl (C=O) groups excluding carboxylic acids is 1. The minimum Gasteiger partial charge on any atom is -0.503 e. The molecule has 0 N–H and O–H groups in total. The van der Waals surface area contributed by atoms with Gasteiger partial charge in [0.25, 0.3) is 0 Å². The summed E-state index contributed by atoms with van der Waals surface area (Å²) in [6, 6.07) is 5.30. The summed E-state index contributed by atoms with van der Waals surface area (Å²) >= 11 is 0. The third-order valence-corrected chi connectivity index (χ3v) is 2.75. The zero-order valence-corrected chi connectivity index (χ0v) is 11.2. The van der Waals surface area contributed by atoms with Crippen molar-refractivity contribution in [3.63, 3.8) is 0 Å². The average molecular weight is 300 g/mol. The number of ether oxygens (including phenoxy) is 2. The van der Waals surface area contributed by atoms with Gasteiger partial charge in [0.15, 0.2) is 0 Å². The summed E-state index contributed by atoms with van der Waals surface area (Å²) in [6.07, 6.45) is -3.51. The SMILES string of the molecule is CO/C=C(/C(=O)OC)c1cccc2cc(C(F)(F)F)oc12. The fourth-order valence-electron chi connectivity index (χ4n) is 1.86. The monoisotopic (exact) mass is 300 g/mol. The number of halogens is 3. The van der Waals surface area contributed by atoms with Crippen molar-refractivity contribution in [1.29, 1.82) is 0 Å². The van der Waals surface area contributed by atoms with Crippen molar-refractivity contribution in [3.8, 4) is 0 Å². The first-order valence-corrected chi connectivity index (χ1v) is 5.80. The third-order valence-electron chi connectivity index (χ3n) is 2.75. The van der Waals surface area contributed by atoms with E-state index in [4.69, 9.17) is 9.15 Å². The Morgan fingerprint density at radius 1 is 1.29 bits per heavy atom. The number of benzene rings is 1.